The lowest BCUT2D eigenvalue weighted by atomic mass is 9.95. The molecule has 6 rings (SSSR count). The standard InChI is InChI=1S/C37H51FN4O5S2/c1-25(2)20-26(3)47-35-10-8-31(22-33(35)38)49(45,46)36-23-39-34-9-7-30(48(4)44)21-32(34)37(36)41-18-13-27(14-19-41)40-16-11-28(12-17-40)42-15-5-6-29(43)24-42/h7-10,21-23,25-29,43H,5-6,11-20,24H2,1-4H3. The van der Waals surface area contributed by atoms with E-state index in [1.165, 1.54) is 18.3 Å². The molecule has 0 radical (unpaired) electrons. The molecule has 0 aliphatic carbocycles. The molecule has 9 nitrogen and oxygen atoms in total. The molecule has 268 valence electrons. The first-order valence-electron chi connectivity index (χ1n) is 17.8. The summed E-state index contributed by atoms with van der Waals surface area (Å²) >= 11 is -1.28. The SMILES string of the molecule is CC(C)CC(C)Oc1ccc(S(=O)(=O)c2cnc3ccc([S+](C)[O-])cc3c2N2CCC(N3CCC(N4CCCC(O)C4)CC3)CC2)cc1F. The van der Waals surface area contributed by atoms with Gasteiger partial charge in [0.25, 0.3) is 0 Å². The van der Waals surface area contributed by atoms with Crippen LogP contribution in [0.15, 0.2) is 57.3 Å². The fourth-order valence-electron chi connectivity index (χ4n) is 8.03. The first-order valence-corrected chi connectivity index (χ1v) is 20.8. The summed E-state index contributed by atoms with van der Waals surface area (Å²) in [6, 6.07) is 10.1. The number of nitrogens with zero attached hydrogens (tertiary/aromatic N) is 4. The zero-order valence-corrected chi connectivity index (χ0v) is 30.8. The van der Waals surface area contributed by atoms with Crippen molar-refractivity contribution in [1.29, 1.82) is 0 Å². The normalized spacial score (nSPS) is 22.1. The van der Waals surface area contributed by atoms with Crippen molar-refractivity contribution in [3.05, 3.63) is 48.4 Å². The summed E-state index contributed by atoms with van der Waals surface area (Å²) in [6.45, 7) is 11.2. The molecule has 0 amide bonds. The second-order valence-electron chi connectivity index (χ2n) is 14.5. The molecule has 3 aromatic rings. The van der Waals surface area contributed by atoms with Crippen LogP contribution in [0, 0.1) is 11.7 Å². The molecular weight excluding hydrogens is 664 g/mol. The molecule has 3 fully saturated rings. The number of β-amino-alcohol motifs (C(OH)–C–C–N with tert-alkyl or cyclic N) is 1. The summed E-state index contributed by atoms with van der Waals surface area (Å²) in [5, 5.41) is 10.8. The van der Waals surface area contributed by atoms with Gasteiger partial charge in [0, 0.05) is 49.4 Å². The van der Waals surface area contributed by atoms with Crippen molar-refractivity contribution >= 4 is 37.6 Å². The Balaban J connectivity index is 1.24. The van der Waals surface area contributed by atoms with Crippen LogP contribution in [-0.2, 0) is 21.0 Å². The third-order valence-electron chi connectivity index (χ3n) is 10.5. The van der Waals surface area contributed by atoms with Crippen molar-refractivity contribution in [2.75, 3.05) is 50.4 Å². The Morgan fingerprint density at radius 1 is 0.980 bits per heavy atom. The Morgan fingerprint density at radius 2 is 1.67 bits per heavy atom. The summed E-state index contributed by atoms with van der Waals surface area (Å²) in [7, 11) is -4.19. The number of hydrogen-bond acceptors (Lipinski definition) is 9. The van der Waals surface area contributed by atoms with E-state index in [0.717, 1.165) is 77.2 Å². The monoisotopic (exact) mass is 714 g/mol. The third-order valence-corrected chi connectivity index (χ3v) is 13.2. The van der Waals surface area contributed by atoms with Crippen LogP contribution < -0.4 is 9.64 Å². The Hall–Kier alpha value is -2.48. The zero-order chi connectivity index (χ0) is 34.9. The number of halogens is 1. The molecule has 3 atom stereocenters. The minimum Gasteiger partial charge on any atom is -0.612 e. The van der Waals surface area contributed by atoms with Gasteiger partial charge in [-0.25, -0.2) is 12.8 Å². The lowest BCUT2D eigenvalue weighted by molar-refractivity contribution is 0.0170. The number of aliphatic hydroxyl groups is 1. The molecule has 2 aromatic carbocycles. The van der Waals surface area contributed by atoms with Gasteiger partial charge in [-0.1, -0.05) is 13.8 Å². The molecule has 4 heterocycles. The summed E-state index contributed by atoms with van der Waals surface area (Å²) in [4.78, 5) is 12.2. The first-order chi connectivity index (χ1) is 23.4. The highest BCUT2D eigenvalue weighted by Gasteiger charge is 2.34. The van der Waals surface area contributed by atoms with Crippen molar-refractivity contribution in [3.63, 3.8) is 0 Å². The number of rotatable bonds is 10. The van der Waals surface area contributed by atoms with Crippen molar-refractivity contribution in [1.82, 2.24) is 14.8 Å². The van der Waals surface area contributed by atoms with Gasteiger partial charge in [-0.05, 0) is 119 Å². The van der Waals surface area contributed by atoms with E-state index >= 15 is 4.39 Å². The number of sulfone groups is 1. The minimum atomic E-state index is -4.19. The maximum Gasteiger partial charge on any atom is 0.210 e. The fourth-order valence-corrected chi connectivity index (χ4v) is 10.0. The van der Waals surface area contributed by atoms with Gasteiger partial charge in [-0.2, -0.15) is 0 Å². The second-order valence-corrected chi connectivity index (χ2v) is 17.8. The maximum atomic E-state index is 15.3. The Labute approximate surface area is 293 Å². The van der Waals surface area contributed by atoms with Crippen molar-refractivity contribution in [3.8, 4) is 5.75 Å². The average Bonchev–Trinajstić information content (AvgIpc) is 3.08. The smallest absolute Gasteiger partial charge is 0.210 e. The Bertz CT molecular complexity index is 1710. The quantitative estimate of drug-likeness (QED) is 0.267. The van der Waals surface area contributed by atoms with Crippen molar-refractivity contribution in [2.24, 2.45) is 5.92 Å². The highest BCUT2D eigenvalue weighted by atomic mass is 32.2. The molecule has 1 aromatic heterocycles. The fraction of sp³-hybridized carbons (Fsp3) is 0.595. The van der Waals surface area contributed by atoms with E-state index in [4.69, 9.17) is 4.74 Å². The van der Waals surface area contributed by atoms with Gasteiger partial charge < -0.3 is 24.2 Å². The van der Waals surface area contributed by atoms with Gasteiger partial charge >= 0.3 is 0 Å². The summed E-state index contributed by atoms with van der Waals surface area (Å²) in [6.07, 6.45) is 9.22. The van der Waals surface area contributed by atoms with Gasteiger partial charge in [-0.3, -0.25) is 9.88 Å². The number of fused-ring (bicyclic) bond motifs is 1. The van der Waals surface area contributed by atoms with Crippen LogP contribution in [0.1, 0.15) is 65.7 Å². The molecule has 49 heavy (non-hydrogen) atoms. The van der Waals surface area contributed by atoms with Crippen LogP contribution in [0.2, 0.25) is 0 Å². The van der Waals surface area contributed by atoms with Gasteiger partial charge in [0.15, 0.2) is 16.5 Å². The average molecular weight is 715 g/mol. The number of anilines is 1. The van der Waals surface area contributed by atoms with E-state index in [1.54, 1.807) is 24.5 Å². The number of pyridine rings is 1. The summed E-state index contributed by atoms with van der Waals surface area (Å²) in [5.41, 5.74) is 1.15. The molecule has 0 saturated carbocycles. The van der Waals surface area contributed by atoms with E-state index in [0.29, 0.717) is 52.6 Å². The molecular formula is C37H51FN4O5S2. The molecule has 1 N–H and O–H groups in total. The molecule has 3 saturated heterocycles. The largest absolute Gasteiger partial charge is 0.612 e. The lowest BCUT2D eigenvalue weighted by Crippen LogP contribution is -2.53. The van der Waals surface area contributed by atoms with E-state index in [2.05, 4.69) is 33.5 Å². The molecule has 0 bridgehead atoms. The zero-order valence-electron chi connectivity index (χ0n) is 29.2. The predicted octanol–water partition coefficient (Wildman–Crippen LogP) is 5.65. The minimum absolute atomic E-state index is 0.0169. The highest BCUT2D eigenvalue weighted by molar-refractivity contribution is 7.91. The van der Waals surface area contributed by atoms with Crippen LogP contribution in [0.5, 0.6) is 5.75 Å². The predicted molar refractivity (Wildman–Crippen MR) is 192 cm³/mol. The first kappa shape index (κ1) is 36.3. The number of aliphatic hydroxyl groups excluding tert-OH is 1. The number of likely N-dealkylation sites (tertiary alicyclic amines) is 2. The van der Waals surface area contributed by atoms with Gasteiger partial charge in [0.2, 0.25) is 9.84 Å². The summed E-state index contributed by atoms with van der Waals surface area (Å²) < 4.78 is 62.3. The second kappa shape index (κ2) is 15.4. The molecule has 3 aliphatic rings. The van der Waals surface area contributed by atoms with Crippen molar-refractivity contribution in [2.45, 2.75) is 105 Å². The number of piperidine rings is 3. The maximum absolute atomic E-state index is 15.3. The Kier molecular flexibility index (Phi) is 11.4. The van der Waals surface area contributed by atoms with E-state index in [-0.39, 0.29) is 27.7 Å². The van der Waals surface area contributed by atoms with Crippen LogP contribution in [0.3, 0.4) is 0 Å². The number of benzene rings is 2. The number of hydrogen-bond donors (Lipinski definition) is 1. The number of aromatic nitrogens is 1. The topological polar surface area (TPSA) is 109 Å². The molecule has 12 heteroatoms. The van der Waals surface area contributed by atoms with Gasteiger partial charge in [0.05, 0.1) is 28.3 Å². The van der Waals surface area contributed by atoms with E-state index in [1.807, 2.05) is 6.92 Å². The summed E-state index contributed by atoms with van der Waals surface area (Å²) in [5.74, 6) is -0.324. The molecule has 3 aliphatic heterocycles. The molecule has 0 spiro atoms. The van der Waals surface area contributed by atoms with Crippen LogP contribution in [0.4, 0.5) is 10.1 Å². The van der Waals surface area contributed by atoms with E-state index < -0.39 is 26.8 Å². The van der Waals surface area contributed by atoms with Gasteiger partial charge in [-0.15, -0.1) is 0 Å². The van der Waals surface area contributed by atoms with Crippen molar-refractivity contribution < 1.29 is 27.2 Å². The Morgan fingerprint density at radius 3 is 2.33 bits per heavy atom. The van der Waals surface area contributed by atoms with Crippen LogP contribution in [0.25, 0.3) is 10.9 Å². The molecule has 3 unspecified atom stereocenters. The van der Waals surface area contributed by atoms with Gasteiger partial charge in [0.1, 0.15) is 11.2 Å². The number of ether oxygens (including phenoxy) is 1. The third kappa shape index (κ3) is 8.20. The van der Waals surface area contributed by atoms with Crippen LogP contribution >= 0.6 is 0 Å². The highest BCUT2D eigenvalue weighted by Crippen LogP contribution is 2.39. The lowest BCUT2D eigenvalue weighted by Gasteiger charge is -2.45. The van der Waals surface area contributed by atoms with Crippen LogP contribution in [-0.4, -0.2) is 103 Å². The van der Waals surface area contributed by atoms with E-state index in [9.17, 15) is 18.1 Å².